The van der Waals surface area contributed by atoms with E-state index in [-0.39, 0.29) is 54.2 Å². The maximum absolute atomic E-state index is 12.7. The van der Waals surface area contributed by atoms with Crippen molar-refractivity contribution in [2.75, 3.05) is 39.9 Å². The zero-order valence-corrected chi connectivity index (χ0v) is 14.5. The third kappa shape index (κ3) is 3.86. The van der Waals surface area contributed by atoms with Crippen LogP contribution < -0.4 is 0 Å². The van der Waals surface area contributed by atoms with Gasteiger partial charge in [0.1, 0.15) is 11.5 Å². The summed E-state index contributed by atoms with van der Waals surface area (Å²) in [6.45, 7) is 0.616. The van der Waals surface area contributed by atoms with Gasteiger partial charge in [0.05, 0.1) is 10.6 Å². The number of amides is 1. The molecule has 132 valence electrons. The molecule has 24 heavy (non-hydrogen) atoms. The Labute approximate surface area is 144 Å². The van der Waals surface area contributed by atoms with Crippen LogP contribution in [0, 0.1) is 0 Å². The Bertz CT molecular complexity index is 744. The van der Waals surface area contributed by atoms with Crippen LogP contribution in [-0.4, -0.2) is 74.5 Å². The minimum atomic E-state index is -3.94. The van der Waals surface area contributed by atoms with E-state index in [4.69, 9.17) is 21.4 Å². The minimum Gasteiger partial charge on any atom is -0.478 e. The second-order valence-corrected chi connectivity index (χ2v) is 7.48. The molecule has 0 atom stereocenters. The Morgan fingerprint density at radius 2 is 1.88 bits per heavy atom. The lowest BCUT2D eigenvalue weighted by Crippen LogP contribution is -2.51. The molecule has 1 aliphatic heterocycles. The quantitative estimate of drug-likeness (QED) is 0.803. The SMILES string of the molecule is COCC(=O)N1CCN(S(=O)(=O)c2cc(C(=O)O)ccc2Cl)CC1. The highest BCUT2D eigenvalue weighted by Crippen LogP contribution is 2.26. The number of methoxy groups -OCH3 is 1. The van der Waals surface area contributed by atoms with Crippen molar-refractivity contribution in [3.63, 3.8) is 0 Å². The van der Waals surface area contributed by atoms with Gasteiger partial charge in [-0.15, -0.1) is 0 Å². The summed E-state index contributed by atoms with van der Waals surface area (Å²) >= 11 is 5.95. The van der Waals surface area contributed by atoms with E-state index in [2.05, 4.69) is 0 Å². The first-order valence-corrected chi connectivity index (χ1v) is 8.89. The second-order valence-electron chi connectivity index (χ2n) is 5.17. The fraction of sp³-hybridized carbons (Fsp3) is 0.429. The molecule has 8 nitrogen and oxygen atoms in total. The van der Waals surface area contributed by atoms with E-state index in [0.29, 0.717) is 0 Å². The van der Waals surface area contributed by atoms with Gasteiger partial charge < -0.3 is 14.7 Å². The van der Waals surface area contributed by atoms with Crippen molar-refractivity contribution in [3.05, 3.63) is 28.8 Å². The topological polar surface area (TPSA) is 104 Å². The summed E-state index contributed by atoms with van der Waals surface area (Å²) in [7, 11) is -2.53. The van der Waals surface area contributed by atoms with E-state index in [1.165, 1.54) is 28.4 Å². The lowest BCUT2D eigenvalue weighted by atomic mass is 10.2. The van der Waals surface area contributed by atoms with E-state index in [1.54, 1.807) is 0 Å². The third-order valence-electron chi connectivity index (χ3n) is 3.66. The minimum absolute atomic E-state index is 0.0436. The zero-order chi connectivity index (χ0) is 17.9. The Morgan fingerprint density at radius 3 is 2.42 bits per heavy atom. The van der Waals surface area contributed by atoms with Gasteiger partial charge in [-0.3, -0.25) is 4.79 Å². The third-order valence-corrected chi connectivity index (χ3v) is 6.04. The van der Waals surface area contributed by atoms with Crippen LogP contribution in [-0.2, 0) is 19.6 Å². The van der Waals surface area contributed by atoms with Gasteiger partial charge >= 0.3 is 5.97 Å². The molecule has 1 saturated heterocycles. The molecule has 10 heteroatoms. The Balaban J connectivity index is 2.19. The molecular weight excluding hydrogens is 360 g/mol. The number of ether oxygens (including phenoxy) is 1. The van der Waals surface area contributed by atoms with Crippen LogP contribution >= 0.6 is 11.6 Å². The summed E-state index contributed by atoms with van der Waals surface area (Å²) in [5.41, 5.74) is -0.160. The number of aromatic carboxylic acids is 1. The highest BCUT2D eigenvalue weighted by atomic mass is 35.5. The molecule has 0 aliphatic carbocycles. The van der Waals surface area contributed by atoms with Gasteiger partial charge in [0.25, 0.3) is 0 Å². The van der Waals surface area contributed by atoms with Crippen molar-refractivity contribution in [2.45, 2.75) is 4.90 Å². The van der Waals surface area contributed by atoms with Crippen LogP contribution in [0.5, 0.6) is 0 Å². The lowest BCUT2D eigenvalue weighted by Gasteiger charge is -2.34. The molecular formula is C14H17ClN2O6S. The Kier molecular flexibility index (Phi) is 5.81. The molecule has 1 fully saturated rings. The monoisotopic (exact) mass is 376 g/mol. The van der Waals surface area contributed by atoms with Crippen molar-refractivity contribution in [2.24, 2.45) is 0 Å². The van der Waals surface area contributed by atoms with Gasteiger partial charge in [-0.05, 0) is 18.2 Å². The molecule has 1 amide bonds. The molecule has 0 radical (unpaired) electrons. The maximum atomic E-state index is 12.7. The van der Waals surface area contributed by atoms with Crippen molar-refractivity contribution < 1.29 is 27.9 Å². The number of benzene rings is 1. The molecule has 1 aliphatic rings. The molecule has 2 rings (SSSR count). The summed E-state index contributed by atoms with van der Waals surface area (Å²) in [6, 6.07) is 3.53. The number of nitrogens with zero attached hydrogens (tertiary/aromatic N) is 2. The molecule has 1 aromatic carbocycles. The average molecular weight is 377 g/mol. The molecule has 0 spiro atoms. The molecule has 0 bridgehead atoms. The summed E-state index contributed by atoms with van der Waals surface area (Å²) in [5, 5.41) is 8.97. The molecule has 0 aromatic heterocycles. The Morgan fingerprint density at radius 1 is 1.25 bits per heavy atom. The first kappa shape index (κ1) is 18.7. The number of piperazine rings is 1. The number of halogens is 1. The predicted molar refractivity (Wildman–Crippen MR) is 85.6 cm³/mol. The first-order chi connectivity index (χ1) is 11.3. The molecule has 1 aromatic rings. The zero-order valence-electron chi connectivity index (χ0n) is 12.9. The van der Waals surface area contributed by atoms with Crippen LogP contribution in [0.2, 0.25) is 5.02 Å². The molecule has 1 N–H and O–H groups in total. The van der Waals surface area contributed by atoms with Crippen LogP contribution in [0.3, 0.4) is 0 Å². The van der Waals surface area contributed by atoms with Gasteiger partial charge in [-0.1, -0.05) is 11.6 Å². The fourth-order valence-corrected chi connectivity index (χ4v) is 4.29. The smallest absolute Gasteiger partial charge is 0.335 e. The van der Waals surface area contributed by atoms with Crippen LogP contribution in [0.4, 0.5) is 0 Å². The van der Waals surface area contributed by atoms with E-state index in [9.17, 15) is 18.0 Å². The van der Waals surface area contributed by atoms with Crippen molar-refractivity contribution in [1.29, 1.82) is 0 Å². The summed E-state index contributed by atoms with van der Waals surface area (Å²) < 4.78 is 31.4. The van der Waals surface area contributed by atoms with Crippen molar-refractivity contribution in [1.82, 2.24) is 9.21 Å². The number of rotatable bonds is 5. The van der Waals surface area contributed by atoms with E-state index >= 15 is 0 Å². The van der Waals surface area contributed by atoms with E-state index in [1.807, 2.05) is 0 Å². The van der Waals surface area contributed by atoms with Gasteiger partial charge in [0.2, 0.25) is 15.9 Å². The van der Waals surface area contributed by atoms with Gasteiger partial charge in [0.15, 0.2) is 0 Å². The van der Waals surface area contributed by atoms with Gasteiger partial charge in [-0.25, -0.2) is 13.2 Å². The van der Waals surface area contributed by atoms with Crippen molar-refractivity contribution in [3.8, 4) is 0 Å². The summed E-state index contributed by atoms with van der Waals surface area (Å²) in [5.74, 6) is -1.45. The fourth-order valence-electron chi connectivity index (χ4n) is 2.37. The van der Waals surface area contributed by atoms with Crippen molar-refractivity contribution >= 4 is 33.5 Å². The second kappa shape index (κ2) is 7.47. The number of sulfonamides is 1. The normalized spacial score (nSPS) is 16.2. The van der Waals surface area contributed by atoms with Gasteiger partial charge in [-0.2, -0.15) is 4.31 Å². The number of carbonyl (C=O) groups excluding carboxylic acids is 1. The average Bonchev–Trinajstić information content (AvgIpc) is 2.55. The number of hydrogen-bond acceptors (Lipinski definition) is 5. The Hall–Kier alpha value is -1.68. The standard InChI is InChI=1S/C14H17ClN2O6S/c1-23-9-13(18)16-4-6-17(7-5-16)24(21,22)12-8-10(14(19)20)2-3-11(12)15/h2-3,8H,4-7,9H2,1H3,(H,19,20). The number of carboxylic acid groups (broad SMARTS) is 1. The van der Waals surface area contributed by atoms with E-state index < -0.39 is 16.0 Å². The van der Waals surface area contributed by atoms with Gasteiger partial charge in [0, 0.05) is 33.3 Å². The lowest BCUT2D eigenvalue weighted by molar-refractivity contribution is -0.136. The number of carboxylic acids is 1. The largest absolute Gasteiger partial charge is 0.478 e. The summed E-state index contributed by atoms with van der Waals surface area (Å²) in [4.78, 5) is 24.1. The predicted octanol–water partition coefficient (Wildman–Crippen LogP) is 0.518. The molecule has 0 saturated carbocycles. The highest BCUT2D eigenvalue weighted by molar-refractivity contribution is 7.89. The number of carbonyl (C=O) groups is 2. The maximum Gasteiger partial charge on any atom is 0.335 e. The van der Waals surface area contributed by atoms with Crippen LogP contribution in [0.15, 0.2) is 23.1 Å². The summed E-state index contributed by atoms with van der Waals surface area (Å²) in [6.07, 6.45) is 0. The molecule has 0 unspecified atom stereocenters. The highest BCUT2D eigenvalue weighted by Gasteiger charge is 2.31. The van der Waals surface area contributed by atoms with E-state index in [0.717, 1.165) is 6.07 Å². The number of hydrogen-bond donors (Lipinski definition) is 1. The molecule has 1 heterocycles. The first-order valence-electron chi connectivity index (χ1n) is 7.07. The van der Waals surface area contributed by atoms with Crippen LogP contribution in [0.1, 0.15) is 10.4 Å². The van der Waals surface area contributed by atoms with Crippen LogP contribution in [0.25, 0.3) is 0 Å².